The SMILES string of the molecule is CCS(=O)(=O)c1ccc(C(=O)N[C@H](CC(C)C)C(=O)O)cc1. The first-order valence-corrected chi connectivity index (χ1v) is 8.69. The zero-order valence-electron chi connectivity index (χ0n) is 12.9. The molecule has 0 saturated carbocycles. The lowest BCUT2D eigenvalue weighted by Gasteiger charge is -2.16. The van der Waals surface area contributed by atoms with Crippen molar-refractivity contribution < 1.29 is 23.1 Å². The van der Waals surface area contributed by atoms with Crippen molar-refractivity contribution in [3.63, 3.8) is 0 Å². The third-order valence-corrected chi connectivity index (χ3v) is 4.92. The maximum absolute atomic E-state index is 12.0. The van der Waals surface area contributed by atoms with Crippen LogP contribution in [0.25, 0.3) is 0 Å². The molecule has 0 aliphatic heterocycles. The minimum atomic E-state index is -3.32. The highest BCUT2D eigenvalue weighted by atomic mass is 32.2. The molecule has 1 amide bonds. The van der Waals surface area contributed by atoms with Crippen molar-refractivity contribution in [3.8, 4) is 0 Å². The van der Waals surface area contributed by atoms with E-state index >= 15 is 0 Å². The van der Waals surface area contributed by atoms with Gasteiger partial charge in [0.1, 0.15) is 6.04 Å². The van der Waals surface area contributed by atoms with Crippen LogP contribution in [-0.2, 0) is 14.6 Å². The number of rotatable bonds is 7. The van der Waals surface area contributed by atoms with Gasteiger partial charge in [-0.1, -0.05) is 20.8 Å². The molecular formula is C15H21NO5S. The molecule has 2 N–H and O–H groups in total. The van der Waals surface area contributed by atoms with Crippen LogP contribution in [0.5, 0.6) is 0 Å². The second kappa shape index (κ2) is 7.40. The van der Waals surface area contributed by atoms with Gasteiger partial charge in [-0.3, -0.25) is 4.79 Å². The third-order valence-electron chi connectivity index (χ3n) is 3.17. The van der Waals surface area contributed by atoms with Crippen LogP contribution in [0.2, 0.25) is 0 Å². The van der Waals surface area contributed by atoms with Crippen molar-refractivity contribution >= 4 is 21.7 Å². The molecule has 0 heterocycles. The predicted molar refractivity (Wildman–Crippen MR) is 82.5 cm³/mol. The fourth-order valence-electron chi connectivity index (χ4n) is 1.91. The van der Waals surface area contributed by atoms with Gasteiger partial charge in [0.05, 0.1) is 10.6 Å². The van der Waals surface area contributed by atoms with E-state index < -0.39 is 27.8 Å². The number of amides is 1. The summed E-state index contributed by atoms with van der Waals surface area (Å²) >= 11 is 0. The van der Waals surface area contributed by atoms with E-state index in [1.807, 2.05) is 13.8 Å². The van der Waals surface area contributed by atoms with E-state index in [1.54, 1.807) is 6.92 Å². The standard InChI is InChI=1S/C15H21NO5S/c1-4-22(20,21)12-7-5-11(6-8-12)14(17)16-13(15(18)19)9-10(2)3/h5-8,10,13H,4,9H2,1-3H3,(H,16,17)(H,18,19)/t13-/m1/s1. The van der Waals surface area contributed by atoms with Gasteiger partial charge in [-0.15, -0.1) is 0 Å². The smallest absolute Gasteiger partial charge is 0.326 e. The molecule has 6 nitrogen and oxygen atoms in total. The number of benzene rings is 1. The van der Waals surface area contributed by atoms with Crippen LogP contribution >= 0.6 is 0 Å². The Hall–Kier alpha value is -1.89. The molecular weight excluding hydrogens is 306 g/mol. The molecule has 0 bridgehead atoms. The zero-order chi connectivity index (χ0) is 16.9. The van der Waals surface area contributed by atoms with Gasteiger partial charge in [-0.2, -0.15) is 0 Å². The van der Waals surface area contributed by atoms with Crippen LogP contribution in [-0.4, -0.2) is 37.2 Å². The highest BCUT2D eigenvalue weighted by Crippen LogP contribution is 2.13. The Bertz CT molecular complexity index is 634. The van der Waals surface area contributed by atoms with E-state index in [2.05, 4.69) is 5.32 Å². The molecule has 1 rings (SSSR count). The number of aliphatic carboxylic acids is 1. The number of nitrogens with one attached hydrogen (secondary N) is 1. The highest BCUT2D eigenvalue weighted by molar-refractivity contribution is 7.91. The quantitative estimate of drug-likeness (QED) is 0.794. The maximum Gasteiger partial charge on any atom is 0.326 e. The summed E-state index contributed by atoms with van der Waals surface area (Å²) in [5.41, 5.74) is 0.227. The summed E-state index contributed by atoms with van der Waals surface area (Å²) in [4.78, 5) is 23.3. The summed E-state index contributed by atoms with van der Waals surface area (Å²) in [6.07, 6.45) is 0.323. The van der Waals surface area contributed by atoms with Crippen molar-refractivity contribution in [2.45, 2.75) is 38.1 Å². The van der Waals surface area contributed by atoms with Crippen molar-refractivity contribution in [2.75, 3.05) is 5.75 Å². The van der Waals surface area contributed by atoms with Gasteiger partial charge in [-0.25, -0.2) is 13.2 Å². The van der Waals surface area contributed by atoms with Crippen LogP contribution in [0.1, 0.15) is 37.6 Å². The molecule has 0 spiro atoms. The van der Waals surface area contributed by atoms with E-state index in [4.69, 9.17) is 5.11 Å². The molecule has 0 fully saturated rings. The molecule has 0 radical (unpaired) electrons. The number of carboxylic acid groups (broad SMARTS) is 1. The molecule has 122 valence electrons. The Balaban J connectivity index is 2.88. The van der Waals surface area contributed by atoms with E-state index in [0.29, 0.717) is 6.42 Å². The van der Waals surface area contributed by atoms with Crippen LogP contribution in [0, 0.1) is 5.92 Å². The lowest BCUT2D eigenvalue weighted by molar-refractivity contribution is -0.139. The van der Waals surface area contributed by atoms with E-state index in [1.165, 1.54) is 24.3 Å². The maximum atomic E-state index is 12.0. The Morgan fingerprint density at radius 1 is 1.18 bits per heavy atom. The van der Waals surface area contributed by atoms with Gasteiger partial charge in [0.25, 0.3) is 5.91 Å². The largest absolute Gasteiger partial charge is 0.480 e. The number of carbonyl (C=O) groups excluding carboxylic acids is 1. The van der Waals surface area contributed by atoms with Crippen LogP contribution < -0.4 is 5.32 Å². The van der Waals surface area contributed by atoms with Crippen molar-refractivity contribution in [2.24, 2.45) is 5.92 Å². The van der Waals surface area contributed by atoms with E-state index in [0.717, 1.165) is 0 Å². The van der Waals surface area contributed by atoms with Gasteiger partial charge >= 0.3 is 5.97 Å². The lowest BCUT2D eigenvalue weighted by atomic mass is 10.0. The Morgan fingerprint density at radius 3 is 2.14 bits per heavy atom. The minimum Gasteiger partial charge on any atom is -0.480 e. The molecule has 1 atom stereocenters. The highest BCUT2D eigenvalue weighted by Gasteiger charge is 2.22. The monoisotopic (exact) mass is 327 g/mol. The topological polar surface area (TPSA) is 101 Å². The summed E-state index contributed by atoms with van der Waals surface area (Å²) in [7, 11) is -3.32. The summed E-state index contributed by atoms with van der Waals surface area (Å²) in [6.45, 7) is 5.28. The first-order chi connectivity index (χ1) is 10.2. The summed E-state index contributed by atoms with van der Waals surface area (Å²) in [5, 5.41) is 11.6. The molecule has 0 saturated heterocycles. The summed E-state index contributed by atoms with van der Waals surface area (Å²) in [6, 6.07) is 4.50. The molecule has 7 heteroatoms. The van der Waals surface area contributed by atoms with Crippen LogP contribution in [0.3, 0.4) is 0 Å². The summed E-state index contributed by atoms with van der Waals surface area (Å²) in [5.74, 6) is -1.52. The fourth-order valence-corrected chi connectivity index (χ4v) is 2.80. The van der Waals surface area contributed by atoms with Gasteiger partial charge < -0.3 is 10.4 Å². The van der Waals surface area contributed by atoms with Crippen LogP contribution in [0.4, 0.5) is 0 Å². The first kappa shape index (κ1) is 18.2. The molecule has 1 aromatic rings. The lowest BCUT2D eigenvalue weighted by Crippen LogP contribution is -2.41. The third kappa shape index (κ3) is 4.84. The van der Waals surface area contributed by atoms with Gasteiger partial charge in [-0.05, 0) is 36.6 Å². The molecule has 0 aliphatic carbocycles. The molecule has 0 aromatic heterocycles. The van der Waals surface area contributed by atoms with E-state index in [-0.39, 0.29) is 22.1 Å². The molecule has 1 aromatic carbocycles. The molecule has 22 heavy (non-hydrogen) atoms. The second-order valence-corrected chi connectivity index (χ2v) is 7.70. The first-order valence-electron chi connectivity index (χ1n) is 7.04. The van der Waals surface area contributed by atoms with Gasteiger partial charge in [0.2, 0.25) is 0 Å². The fraction of sp³-hybridized carbons (Fsp3) is 0.467. The second-order valence-electron chi connectivity index (χ2n) is 5.42. The Kier molecular flexibility index (Phi) is 6.11. The van der Waals surface area contributed by atoms with Gasteiger partial charge in [0.15, 0.2) is 9.84 Å². The van der Waals surface area contributed by atoms with Crippen LogP contribution in [0.15, 0.2) is 29.2 Å². The average Bonchev–Trinajstić information content (AvgIpc) is 2.46. The summed E-state index contributed by atoms with van der Waals surface area (Å²) < 4.78 is 23.4. The Morgan fingerprint density at radius 2 is 1.73 bits per heavy atom. The van der Waals surface area contributed by atoms with Crippen molar-refractivity contribution in [1.29, 1.82) is 0 Å². The average molecular weight is 327 g/mol. The Labute approximate surface area is 130 Å². The molecule has 0 unspecified atom stereocenters. The minimum absolute atomic E-state index is 0.0198. The number of carbonyl (C=O) groups is 2. The number of carboxylic acids is 1. The van der Waals surface area contributed by atoms with Crippen molar-refractivity contribution in [1.82, 2.24) is 5.32 Å². The molecule has 0 aliphatic rings. The number of sulfone groups is 1. The van der Waals surface area contributed by atoms with E-state index in [9.17, 15) is 18.0 Å². The predicted octanol–water partition coefficient (Wildman–Crippen LogP) is 1.71. The number of hydrogen-bond donors (Lipinski definition) is 2. The number of hydrogen-bond acceptors (Lipinski definition) is 4. The zero-order valence-corrected chi connectivity index (χ0v) is 13.7. The van der Waals surface area contributed by atoms with Gasteiger partial charge in [0, 0.05) is 5.56 Å². The normalized spacial score (nSPS) is 12.9. The van der Waals surface area contributed by atoms with Crippen molar-refractivity contribution in [3.05, 3.63) is 29.8 Å².